The Balaban J connectivity index is 1.15. The maximum absolute atomic E-state index is 14.3. The molecule has 3 aromatic heterocycles. The van der Waals surface area contributed by atoms with Crippen molar-refractivity contribution in [3.63, 3.8) is 0 Å². The number of pyridine rings is 1. The lowest BCUT2D eigenvalue weighted by Gasteiger charge is -2.30. The van der Waals surface area contributed by atoms with Crippen LogP contribution in [-0.2, 0) is 29.2 Å². The van der Waals surface area contributed by atoms with Gasteiger partial charge in [-0.2, -0.15) is 13.2 Å². The molecule has 0 bridgehead atoms. The fourth-order valence-electron chi connectivity index (χ4n) is 7.56. The first-order valence-corrected chi connectivity index (χ1v) is 20.0. The number of hydrogen-bond acceptors (Lipinski definition) is 10. The molecular weight excluding hydrogens is 760 g/mol. The second-order valence-electron chi connectivity index (χ2n) is 14.8. The van der Waals surface area contributed by atoms with Crippen LogP contribution in [0, 0.1) is 5.92 Å². The zero-order chi connectivity index (χ0) is 39.4. The Morgan fingerprint density at radius 1 is 1.05 bits per heavy atom. The number of rotatable bonds is 7. The van der Waals surface area contributed by atoms with Crippen molar-refractivity contribution in [1.29, 1.82) is 0 Å². The van der Waals surface area contributed by atoms with Crippen LogP contribution in [0.5, 0.6) is 5.75 Å². The van der Waals surface area contributed by atoms with Gasteiger partial charge in [0.15, 0.2) is 17.1 Å². The second kappa shape index (κ2) is 14.3. The molecule has 296 valence electrons. The number of furan rings is 2. The quantitative estimate of drug-likeness (QED) is 0.222. The van der Waals surface area contributed by atoms with E-state index >= 15 is 0 Å². The molecule has 0 unspecified atom stereocenters. The fourth-order valence-corrected chi connectivity index (χ4v) is 8.92. The number of para-hydroxylation sites is 1. The van der Waals surface area contributed by atoms with E-state index in [0.29, 0.717) is 66.5 Å². The van der Waals surface area contributed by atoms with Gasteiger partial charge in [-0.3, -0.25) is 23.9 Å². The molecule has 0 radical (unpaired) electrons. The molecule has 56 heavy (non-hydrogen) atoms. The first-order chi connectivity index (χ1) is 26.7. The van der Waals surface area contributed by atoms with Crippen LogP contribution in [0.4, 0.5) is 13.2 Å². The van der Waals surface area contributed by atoms with Crippen LogP contribution in [0.1, 0.15) is 57.8 Å². The summed E-state index contributed by atoms with van der Waals surface area (Å²) in [7, 11) is -3.99. The van der Waals surface area contributed by atoms with Gasteiger partial charge in [0.1, 0.15) is 40.5 Å². The van der Waals surface area contributed by atoms with E-state index in [9.17, 15) is 40.8 Å². The monoisotopic (exact) mass is 797 g/mol. The molecule has 2 saturated carbocycles. The van der Waals surface area contributed by atoms with Crippen molar-refractivity contribution < 1.29 is 54.3 Å². The summed E-state index contributed by atoms with van der Waals surface area (Å²) >= 11 is 0. The van der Waals surface area contributed by atoms with Crippen LogP contribution in [0.25, 0.3) is 33.5 Å². The predicted molar refractivity (Wildman–Crippen MR) is 193 cm³/mol. The molecule has 5 atom stereocenters. The largest absolute Gasteiger partial charge is 0.484 e. The number of hydrogen-bond donors (Lipinski definition) is 3. The normalized spacial score (nSPS) is 26.7. The van der Waals surface area contributed by atoms with E-state index in [0.717, 1.165) is 4.90 Å². The topological polar surface area (TPSA) is 190 Å². The van der Waals surface area contributed by atoms with Crippen molar-refractivity contribution in [2.24, 2.45) is 5.92 Å². The van der Waals surface area contributed by atoms with Gasteiger partial charge in [-0.1, -0.05) is 37.1 Å². The third-order valence-electron chi connectivity index (χ3n) is 10.8. The third-order valence-corrected chi connectivity index (χ3v) is 12.6. The number of carbonyl (C=O) groups excluding carboxylic acids is 4. The lowest BCUT2D eigenvalue weighted by atomic mass is 10.0. The van der Waals surface area contributed by atoms with Crippen LogP contribution in [0.15, 0.2) is 69.7 Å². The van der Waals surface area contributed by atoms with Gasteiger partial charge in [0.25, 0.3) is 5.91 Å². The average Bonchev–Trinajstić information content (AvgIpc) is 3.95. The number of ether oxygens (including phenoxy) is 1. The van der Waals surface area contributed by atoms with Crippen LogP contribution in [-0.4, -0.2) is 83.6 Å². The van der Waals surface area contributed by atoms with E-state index in [-0.39, 0.29) is 37.1 Å². The molecule has 14 nitrogen and oxygen atoms in total. The number of benzene rings is 1. The Morgan fingerprint density at radius 3 is 2.61 bits per heavy atom. The molecule has 18 heteroatoms. The number of halogens is 3. The minimum absolute atomic E-state index is 0.0860. The molecule has 0 spiro atoms. The van der Waals surface area contributed by atoms with Gasteiger partial charge in [0.2, 0.25) is 21.8 Å². The summed E-state index contributed by atoms with van der Waals surface area (Å²) < 4.78 is 86.5. The van der Waals surface area contributed by atoms with Crippen molar-refractivity contribution in [2.75, 3.05) is 6.54 Å². The summed E-state index contributed by atoms with van der Waals surface area (Å²) in [4.78, 5) is 60.3. The van der Waals surface area contributed by atoms with Gasteiger partial charge < -0.3 is 29.1 Å². The summed E-state index contributed by atoms with van der Waals surface area (Å²) in [5.74, 6) is -4.94. The average molecular weight is 798 g/mol. The number of aromatic nitrogens is 1. The van der Waals surface area contributed by atoms with Gasteiger partial charge in [-0.25, -0.2) is 13.4 Å². The third kappa shape index (κ3) is 7.33. The minimum atomic E-state index is -5.28. The Labute approximate surface area is 318 Å². The van der Waals surface area contributed by atoms with E-state index in [4.69, 9.17) is 18.6 Å². The first kappa shape index (κ1) is 37.5. The molecule has 1 saturated heterocycles. The highest BCUT2D eigenvalue weighted by molar-refractivity contribution is 7.91. The highest BCUT2D eigenvalue weighted by Gasteiger charge is 2.62. The number of fused-ring (bicyclic) bond motifs is 5. The molecule has 4 aromatic rings. The highest BCUT2D eigenvalue weighted by atomic mass is 32.2. The van der Waals surface area contributed by atoms with Crippen molar-refractivity contribution in [3.8, 4) is 17.2 Å². The fraction of sp³-hybridized carbons (Fsp3) is 0.447. The van der Waals surface area contributed by atoms with Gasteiger partial charge in [0.05, 0.1) is 18.1 Å². The molecule has 4 aliphatic rings. The summed E-state index contributed by atoms with van der Waals surface area (Å²) in [5, 5.41) is 4.53. The van der Waals surface area contributed by atoms with E-state index in [1.807, 2.05) is 23.5 Å². The van der Waals surface area contributed by atoms with Gasteiger partial charge >= 0.3 is 12.1 Å². The van der Waals surface area contributed by atoms with Crippen LogP contribution in [0.3, 0.4) is 0 Å². The van der Waals surface area contributed by atoms with Crippen molar-refractivity contribution >= 4 is 55.7 Å². The van der Waals surface area contributed by atoms with Gasteiger partial charge in [0, 0.05) is 23.8 Å². The van der Waals surface area contributed by atoms with Gasteiger partial charge in [-0.05, 0) is 62.8 Å². The zero-order valence-electron chi connectivity index (χ0n) is 29.8. The number of amides is 4. The Hall–Kier alpha value is -5.39. The second-order valence-corrected chi connectivity index (χ2v) is 16.7. The number of nitrogens with zero attached hydrogens (tertiary/aromatic N) is 2. The summed E-state index contributed by atoms with van der Waals surface area (Å²) in [6.07, 6.45) is 1.29. The van der Waals surface area contributed by atoms with Crippen molar-refractivity contribution in [3.05, 3.63) is 60.9 Å². The highest BCUT2D eigenvalue weighted by Crippen LogP contribution is 2.46. The molecular formula is C38H38F3N5O9S. The lowest BCUT2D eigenvalue weighted by Crippen LogP contribution is -2.58. The van der Waals surface area contributed by atoms with Crippen molar-refractivity contribution in [1.82, 2.24) is 25.2 Å². The molecule has 1 aromatic carbocycles. The molecule has 2 aliphatic carbocycles. The van der Waals surface area contributed by atoms with Crippen LogP contribution < -0.4 is 20.1 Å². The molecule has 4 amide bonds. The van der Waals surface area contributed by atoms with E-state index in [1.54, 1.807) is 36.4 Å². The van der Waals surface area contributed by atoms with E-state index < -0.39 is 74.7 Å². The Kier molecular flexibility index (Phi) is 9.57. The summed E-state index contributed by atoms with van der Waals surface area (Å²) in [5.41, 5.74) is -0.0482. The number of allylic oxidation sites excluding steroid dienone is 1. The maximum Gasteiger partial charge on any atom is 0.471 e. The standard InChI is InChI=1S/C38H38F3N5O9S/c39-38(40,41)36(50)43-25-11-5-3-1-2-4-9-21-19-37(21,35(49)45-56(51,52)23-14-15-23)44-33(47)27-17-22(20-46(27)34(25)48)54-30-18-26(29-13-8-16-53-29)42-31-24-10-6-7-12-28(24)55-32(30)31/h4,6-10,12-13,16,18,21-23,25,27H,1-3,5,11,14-15,17,19-20H2,(H,43,50)(H,44,47)(H,45,49)/b9-4-/t21-,22+,25-,27-,37+/m0/s1. The van der Waals surface area contributed by atoms with Crippen molar-refractivity contribution in [2.45, 2.75) is 92.9 Å². The molecule has 5 heterocycles. The number of alkyl halides is 3. The Morgan fingerprint density at radius 2 is 1.86 bits per heavy atom. The van der Waals surface area contributed by atoms with Crippen LogP contribution >= 0.6 is 0 Å². The predicted octanol–water partition coefficient (Wildman–Crippen LogP) is 4.64. The summed E-state index contributed by atoms with van der Waals surface area (Å²) in [6.45, 7) is -0.298. The first-order valence-electron chi connectivity index (χ1n) is 18.5. The SMILES string of the molecule is O=C1N[C@]2(C(=O)NS(=O)(=O)C3CC3)C[C@@H]2/C=C\CCCCC[C@H](NC(=O)C(F)(F)F)C(=O)N2C[C@H](Oc3cc(-c4ccco4)nc4c3oc3ccccc34)C[C@@H]12. The molecule has 3 fully saturated rings. The van der Waals surface area contributed by atoms with E-state index in [2.05, 4.69) is 10.0 Å². The maximum atomic E-state index is 14.3. The molecule has 8 rings (SSSR count). The molecule has 3 N–H and O–H groups in total. The molecule has 2 aliphatic heterocycles. The van der Waals surface area contributed by atoms with E-state index in [1.165, 1.54) is 6.26 Å². The smallest absolute Gasteiger partial charge is 0.471 e. The number of nitrogens with one attached hydrogen (secondary N) is 3. The summed E-state index contributed by atoms with van der Waals surface area (Å²) in [6, 6.07) is 9.10. The number of sulfonamides is 1. The lowest BCUT2D eigenvalue weighted by molar-refractivity contribution is -0.175. The number of carbonyl (C=O) groups is 4. The van der Waals surface area contributed by atoms with Crippen LogP contribution in [0.2, 0.25) is 0 Å². The zero-order valence-corrected chi connectivity index (χ0v) is 30.7. The van der Waals surface area contributed by atoms with Gasteiger partial charge in [-0.15, -0.1) is 0 Å². The minimum Gasteiger partial charge on any atom is -0.484 e. The Bertz CT molecular complexity index is 2340.